The SMILES string of the molecule is Cc1cccc(Nc2nc(C)[nH+]c3[nH]cc(C)c23)c1. The van der Waals surface area contributed by atoms with E-state index in [2.05, 4.69) is 52.3 Å². The molecule has 2 aromatic heterocycles. The second-order valence-corrected chi connectivity index (χ2v) is 4.89. The van der Waals surface area contributed by atoms with E-state index in [-0.39, 0.29) is 0 Å². The molecule has 3 aromatic rings. The summed E-state index contributed by atoms with van der Waals surface area (Å²) in [5.74, 6) is 1.76. The van der Waals surface area contributed by atoms with Gasteiger partial charge in [-0.2, -0.15) is 0 Å². The number of rotatable bonds is 2. The first-order valence-electron chi connectivity index (χ1n) is 6.35. The molecule has 96 valence electrons. The molecule has 0 aliphatic heterocycles. The van der Waals surface area contributed by atoms with E-state index in [0.717, 1.165) is 28.4 Å². The van der Waals surface area contributed by atoms with Gasteiger partial charge in [-0.1, -0.05) is 17.1 Å². The minimum Gasteiger partial charge on any atom is -0.326 e. The molecule has 0 atom stereocenters. The van der Waals surface area contributed by atoms with Crippen LogP contribution in [0.5, 0.6) is 0 Å². The summed E-state index contributed by atoms with van der Waals surface area (Å²) in [5.41, 5.74) is 4.46. The molecule has 4 nitrogen and oxygen atoms in total. The van der Waals surface area contributed by atoms with Crippen molar-refractivity contribution in [2.45, 2.75) is 20.8 Å². The third-order valence-corrected chi connectivity index (χ3v) is 3.18. The van der Waals surface area contributed by atoms with E-state index in [1.54, 1.807) is 0 Å². The molecule has 19 heavy (non-hydrogen) atoms. The first-order valence-corrected chi connectivity index (χ1v) is 6.35. The molecular weight excluding hydrogens is 236 g/mol. The highest BCUT2D eigenvalue weighted by Crippen LogP contribution is 2.25. The largest absolute Gasteiger partial charge is 0.326 e. The highest BCUT2D eigenvalue weighted by atomic mass is 15.1. The molecule has 0 radical (unpaired) electrons. The summed E-state index contributed by atoms with van der Waals surface area (Å²) < 4.78 is 0. The topological polar surface area (TPSA) is 54.9 Å². The van der Waals surface area contributed by atoms with Gasteiger partial charge in [0.25, 0.3) is 0 Å². The van der Waals surface area contributed by atoms with Crippen molar-refractivity contribution in [3.8, 4) is 0 Å². The Morgan fingerprint density at radius 3 is 2.84 bits per heavy atom. The van der Waals surface area contributed by atoms with Crippen LogP contribution in [0.4, 0.5) is 11.5 Å². The van der Waals surface area contributed by atoms with E-state index < -0.39 is 0 Å². The van der Waals surface area contributed by atoms with Crippen LogP contribution in [0.2, 0.25) is 0 Å². The maximum absolute atomic E-state index is 4.57. The van der Waals surface area contributed by atoms with Gasteiger partial charge < -0.3 is 5.32 Å². The lowest BCUT2D eigenvalue weighted by Crippen LogP contribution is -2.13. The molecule has 0 saturated carbocycles. The second kappa shape index (κ2) is 4.39. The van der Waals surface area contributed by atoms with Crippen LogP contribution in [0.3, 0.4) is 0 Å². The van der Waals surface area contributed by atoms with Crippen LogP contribution in [0.25, 0.3) is 11.0 Å². The smallest absolute Gasteiger partial charge is 0.236 e. The van der Waals surface area contributed by atoms with E-state index in [4.69, 9.17) is 0 Å². The van der Waals surface area contributed by atoms with Gasteiger partial charge in [-0.25, -0.2) is 4.98 Å². The Morgan fingerprint density at radius 1 is 1.21 bits per heavy atom. The molecule has 0 fully saturated rings. The van der Waals surface area contributed by atoms with Crippen LogP contribution in [0, 0.1) is 20.8 Å². The van der Waals surface area contributed by atoms with E-state index in [9.17, 15) is 0 Å². The highest BCUT2D eigenvalue weighted by Gasteiger charge is 2.15. The molecule has 0 aliphatic carbocycles. The molecule has 4 heteroatoms. The Bertz CT molecular complexity index is 743. The zero-order valence-corrected chi connectivity index (χ0v) is 11.3. The molecule has 0 unspecified atom stereocenters. The number of hydrogen-bond acceptors (Lipinski definition) is 2. The number of aromatic nitrogens is 3. The molecule has 3 rings (SSSR count). The average Bonchev–Trinajstić information content (AvgIpc) is 2.71. The summed E-state index contributed by atoms with van der Waals surface area (Å²) in [7, 11) is 0. The van der Waals surface area contributed by atoms with E-state index >= 15 is 0 Å². The van der Waals surface area contributed by atoms with Gasteiger partial charge in [0.1, 0.15) is 5.39 Å². The van der Waals surface area contributed by atoms with E-state index in [1.165, 1.54) is 11.1 Å². The summed E-state index contributed by atoms with van der Waals surface area (Å²) >= 11 is 0. The molecule has 3 N–H and O–H groups in total. The number of anilines is 2. The third kappa shape index (κ3) is 2.17. The zero-order chi connectivity index (χ0) is 13.4. The minimum atomic E-state index is 0.879. The minimum absolute atomic E-state index is 0.879. The molecule has 0 spiro atoms. The van der Waals surface area contributed by atoms with Crippen molar-refractivity contribution < 1.29 is 4.98 Å². The number of aromatic amines is 2. The summed E-state index contributed by atoms with van der Waals surface area (Å²) in [6.07, 6.45) is 1.99. The standard InChI is InChI=1S/C15H16N4/c1-9-5-4-6-12(7-9)19-15-13-10(2)8-16-14(13)17-11(3)18-15/h4-8H,1-3H3,(H2,16,17,18,19)/p+1. The van der Waals surface area contributed by atoms with Gasteiger partial charge >= 0.3 is 0 Å². The van der Waals surface area contributed by atoms with Gasteiger partial charge in [-0.05, 0) is 37.1 Å². The number of aryl methyl sites for hydroxylation is 3. The van der Waals surface area contributed by atoms with Crippen molar-refractivity contribution in [1.82, 2.24) is 9.97 Å². The van der Waals surface area contributed by atoms with Gasteiger partial charge in [0.15, 0.2) is 0 Å². The Labute approximate surface area is 111 Å². The Balaban J connectivity index is 2.11. The number of H-pyrrole nitrogens is 2. The molecule has 0 amide bonds. The van der Waals surface area contributed by atoms with Crippen molar-refractivity contribution >= 4 is 22.5 Å². The van der Waals surface area contributed by atoms with E-state index in [1.807, 2.05) is 19.2 Å². The molecule has 0 bridgehead atoms. The normalized spacial score (nSPS) is 10.9. The quantitative estimate of drug-likeness (QED) is 0.737. The Morgan fingerprint density at radius 2 is 2.05 bits per heavy atom. The predicted molar refractivity (Wildman–Crippen MR) is 76.6 cm³/mol. The van der Waals surface area contributed by atoms with Crippen molar-refractivity contribution in [1.29, 1.82) is 0 Å². The summed E-state index contributed by atoms with van der Waals surface area (Å²) in [6, 6.07) is 8.29. The van der Waals surface area contributed by atoms with Crippen molar-refractivity contribution in [3.63, 3.8) is 0 Å². The molecule has 0 aliphatic rings. The molecule has 1 aromatic carbocycles. The van der Waals surface area contributed by atoms with Gasteiger partial charge in [0, 0.05) is 12.6 Å². The van der Waals surface area contributed by atoms with Crippen LogP contribution < -0.4 is 10.3 Å². The van der Waals surface area contributed by atoms with Gasteiger partial charge in [0.2, 0.25) is 17.3 Å². The number of nitrogens with zero attached hydrogens (tertiary/aromatic N) is 1. The Kier molecular flexibility index (Phi) is 2.71. The average molecular weight is 253 g/mol. The first-order chi connectivity index (χ1) is 9.13. The van der Waals surface area contributed by atoms with Crippen molar-refractivity contribution in [3.05, 3.63) is 47.4 Å². The summed E-state index contributed by atoms with van der Waals surface area (Å²) in [5, 5.41) is 4.51. The maximum atomic E-state index is 4.57. The fourth-order valence-electron chi connectivity index (χ4n) is 2.31. The number of nitrogens with one attached hydrogen (secondary N) is 3. The fraction of sp³-hybridized carbons (Fsp3) is 0.200. The van der Waals surface area contributed by atoms with Crippen molar-refractivity contribution in [2.75, 3.05) is 5.32 Å². The third-order valence-electron chi connectivity index (χ3n) is 3.18. The molecule has 0 saturated heterocycles. The highest BCUT2D eigenvalue weighted by molar-refractivity contribution is 5.90. The maximum Gasteiger partial charge on any atom is 0.236 e. The van der Waals surface area contributed by atoms with Gasteiger partial charge in [-0.3, -0.25) is 4.98 Å². The van der Waals surface area contributed by atoms with Crippen LogP contribution in [-0.4, -0.2) is 9.97 Å². The monoisotopic (exact) mass is 253 g/mol. The van der Waals surface area contributed by atoms with Crippen LogP contribution in [0.1, 0.15) is 17.0 Å². The van der Waals surface area contributed by atoms with Gasteiger partial charge in [0.05, 0.1) is 6.20 Å². The molecule has 2 heterocycles. The lowest BCUT2D eigenvalue weighted by Gasteiger charge is -2.05. The van der Waals surface area contributed by atoms with Crippen LogP contribution in [-0.2, 0) is 0 Å². The van der Waals surface area contributed by atoms with Crippen molar-refractivity contribution in [2.24, 2.45) is 0 Å². The second-order valence-electron chi connectivity index (χ2n) is 4.89. The fourth-order valence-corrected chi connectivity index (χ4v) is 2.31. The zero-order valence-electron chi connectivity index (χ0n) is 11.3. The lowest BCUT2D eigenvalue weighted by atomic mass is 10.2. The summed E-state index contributed by atoms with van der Waals surface area (Å²) in [6.45, 7) is 6.11. The van der Waals surface area contributed by atoms with Crippen LogP contribution >= 0.6 is 0 Å². The molecular formula is C15H17N4+. The Hall–Kier alpha value is -2.36. The summed E-state index contributed by atoms with van der Waals surface area (Å²) in [4.78, 5) is 11.0. The van der Waals surface area contributed by atoms with E-state index in [0.29, 0.717) is 0 Å². The predicted octanol–water partition coefficient (Wildman–Crippen LogP) is 3.05. The number of benzene rings is 1. The number of fused-ring (bicyclic) bond motifs is 1. The first kappa shape index (κ1) is 11.7. The number of hydrogen-bond donors (Lipinski definition) is 2. The lowest BCUT2D eigenvalue weighted by molar-refractivity contribution is -0.362. The van der Waals surface area contributed by atoms with Crippen LogP contribution in [0.15, 0.2) is 30.5 Å². The van der Waals surface area contributed by atoms with Gasteiger partial charge in [-0.15, -0.1) is 0 Å².